The van der Waals surface area contributed by atoms with Gasteiger partial charge in [0.05, 0.1) is 13.7 Å². The highest BCUT2D eigenvalue weighted by Crippen LogP contribution is 2.50. The highest BCUT2D eigenvalue weighted by Gasteiger charge is 2.44. The van der Waals surface area contributed by atoms with E-state index in [2.05, 4.69) is 24.3 Å². The molecule has 17 heavy (non-hydrogen) atoms. The zero-order valence-corrected chi connectivity index (χ0v) is 10.7. The molecule has 0 radical (unpaired) electrons. The van der Waals surface area contributed by atoms with Crippen LogP contribution in [0.15, 0.2) is 17.4 Å². The number of allylic oxidation sites excluding steroid dienone is 1. The Morgan fingerprint density at radius 2 is 2.18 bits per heavy atom. The van der Waals surface area contributed by atoms with E-state index in [9.17, 15) is 9.59 Å². The fourth-order valence-electron chi connectivity index (χ4n) is 1.81. The van der Waals surface area contributed by atoms with Crippen LogP contribution in [0.2, 0.25) is 0 Å². The first-order valence-electron chi connectivity index (χ1n) is 5.55. The Bertz CT molecular complexity index is 386. The van der Waals surface area contributed by atoms with Gasteiger partial charge in [-0.25, -0.2) is 4.79 Å². The number of carbonyl (C=O) groups is 2. The SMILES string of the molecule is COC(=O)OCC1CC(=C=CC(C)=O)C1(C)C. The third-order valence-electron chi connectivity index (χ3n) is 3.27. The van der Waals surface area contributed by atoms with Crippen molar-refractivity contribution in [1.29, 1.82) is 0 Å². The summed E-state index contributed by atoms with van der Waals surface area (Å²) < 4.78 is 9.33. The third-order valence-corrected chi connectivity index (χ3v) is 3.27. The summed E-state index contributed by atoms with van der Waals surface area (Å²) in [5, 5.41) is 0. The Hall–Kier alpha value is -1.54. The molecule has 0 spiro atoms. The average Bonchev–Trinajstić information content (AvgIpc) is 2.26. The molecule has 94 valence electrons. The number of carbonyl (C=O) groups excluding carboxylic acids is 2. The van der Waals surface area contributed by atoms with Crippen LogP contribution in [-0.4, -0.2) is 25.7 Å². The summed E-state index contributed by atoms with van der Waals surface area (Å²) in [5.74, 6) is 0.243. The molecule has 1 rings (SSSR count). The van der Waals surface area contributed by atoms with E-state index < -0.39 is 6.16 Å². The predicted octanol–water partition coefficient (Wildman–Crippen LogP) is 2.49. The van der Waals surface area contributed by atoms with Crippen LogP contribution >= 0.6 is 0 Å². The normalized spacial score (nSPS) is 20.9. The van der Waals surface area contributed by atoms with Crippen molar-refractivity contribution in [3.63, 3.8) is 0 Å². The molecule has 1 unspecified atom stereocenters. The van der Waals surface area contributed by atoms with E-state index in [1.54, 1.807) is 0 Å². The second-order valence-electron chi connectivity index (χ2n) is 4.77. The van der Waals surface area contributed by atoms with Crippen LogP contribution in [0.5, 0.6) is 0 Å². The summed E-state index contributed by atoms with van der Waals surface area (Å²) >= 11 is 0. The van der Waals surface area contributed by atoms with E-state index in [1.165, 1.54) is 20.1 Å². The van der Waals surface area contributed by atoms with Crippen LogP contribution in [0.1, 0.15) is 27.2 Å². The Morgan fingerprint density at radius 3 is 2.65 bits per heavy atom. The molecule has 1 aliphatic carbocycles. The lowest BCUT2D eigenvalue weighted by Gasteiger charge is -2.45. The fourth-order valence-corrected chi connectivity index (χ4v) is 1.81. The van der Waals surface area contributed by atoms with Crippen molar-refractivity contribution in [3.05, 3.63) is 17.4 Å². The van der Waals surface area contributed by atoms with Gasteiger partial charge in [-0.2, -0.15) is 0 Å². The van der Waals surface area contributed by atoms with Crippen molar-refractivity contribution in [3.8, 4) is 0 Å². The van der Waals surface area contributed by atoms with Gasteiger partial charge in [0.15, 0.2) is 5.78 Å². The maximum atomic E-state index is 10.8. The molecule has 4 nitrogen and oxygen atoms in total. The molecule has 0 bridgehead atoms. The zero-order chi connectivity index (χ0) is 13.1. The number of ether oxygens (including phenoxy) is 2. The van der Waals surface area contributed by atoms with Gasteiger partial charge in [0.25, 0.3) is 0 Å². The van der Waals surface area contributed by atoms with E-state index in [4.69, 9.17) is 4.74 Å². The highest BCUT2D eigenvalue weighted by atomic mass is 16.7. The van der Waals surface area contributed by atoms with Gasteiger partial charge < -0.3 is 9.47 Å². The van der Waals surface area contributed by atoms with E-state index >= 15 is 0 Å². The van der Waals surface area contributed by atoms with E-state index in [0.29, 0.717) is 6.61 Å². The monoisotopic (exact) mass is 238 g/mol. The summed E-state index contributed by atoms with van der Waals surface area (Å²) in [7, 11) is 1.29. The molecule has 0 heterocycles. The predicted molar refractivity (Wildman–Crippen MR) is 62.5 cm³/mol. The van der Waals surface area contributed by atoms with Crippen LogP contribution in [-0.2, 0) is 14.3 Å². The molecule has 0 saturated heterocycles. The lowest BCUT2D eigenvalue weighted by atomic mass is 9.59. The zero-order valence-electron chi connectivity index (χ0n) is 10.7. The molecule has 0 aromatic rings. The molecule has 4 heteroatoms. The summed E-state index contributed by atoms with van der Waals surface area (Å²) in [4.78, 5) is 21.7. The number of rotatable bonds is 3. The van der Waals surface area contributed by atoms with Crippen molar-refractivity contribution >= 4 is 11.9 Å². The summed E-state index contributed by atoms with van der Waals surface area (Å²) in [6, 6.07) is 0. The molecule has 1 fully saturated rings. The summed E-state index contributed by atoms with van der Waals surface area (Å²) in [6.07, 6.45) is 1.60. The second-order valence-corrected chi connectivity index (χ2v) is 4.77. The topological polar surface area (TPSA) is 52.6 Å². The first-order chi connectivity index (χ1) is 7.87. The minimum absolute atomic E-state index is 0.0115. The summed E-state index contributed by atoms with van der Waals surface area (Å²) in [6.45, 7) is 5.94. The van der Waals surface area contributed by atoms with Crippen molar-refractivity contribution in [1.82, 2.24) is 0 Å². The molecular weight excluding hydrogens is 220 g/mol. The molecular formula is C13H18O4. The Labute approximate surface area is 101 Å². The van der Waals surface area contributed by atoms with Crippen molar-refractivity contribution < 1.29 is 19.1 Å². The van der Waals surface area contributed by atoms with Gasteiger partial charge in [0, 0.05) is 12.0 Å². The van der Waals surface area contributed by atoms with Gasteiger partial charge in [-0.3, -0.25) is 4.79 Å². The summed E-state index contributed by atoms with van der Waals surface area (Å²) in [5.41, 5.74) is 4.02. The standard InChI is InChI=1S/C13H18O4/c1-9(14)5-6-10-7-11(13(10,2)3)8-17-12(15)16-4/h5,11H,7-8H2,1-4H3. The number of hydrogen-bond donors (Lipinski definition) is 0. The third kappa shape index (κ3) is 3.21. The Balaban J connectivity index is 2.58. The molecule has 0 aromatic carbocycles. The molecule has 0 N–H and O–H groups in total. The van der Waals surface area contributed by atoms with Crippen LogP contribution in [0.25, 0.3) is 0 Å². The Kier molecular flexibility index (Phi) is 4.13. The first-order valence-corrected chi connectivity index (χ1v) is 5.55. The van der Waals surface area contributed by atoms with Gasteiger partial charge in [0.2, 0.25) is 0 Å². The number of methoxy groups -OCH3 is 1. The number of ketones is 1. The lowest BCUT2D eigenvalue weighted by Crippen LogP contribution is -2.40. The Morgan fingerprint density at radius 1 is 1.53 bits per heavy atom. The quantitative estimate of drug-likeness (QED) is 0.430. The molecule has 1 atom stereocenters. The van der Waals surface area contributed by atoms with Crippen molar-refractivity contribution in [2.24, 2.45) is 11.3 Å². The molecule has 0 aliphatic heterocycles. The van der Waals surface area contributed by atoms with Crippen molar-refractivity contribution in [2.75, 3.05) is 13.7 Å². The largest absolute Gasteiger partial charge is 0.507 e. The van der Waals surface area contributed by atoms with E-state index in [0.717, 1.165) is 12.0 Å². The maximum Gasteiger partial charge on any atom is 0.507 e. The fraction of sp³-hybridized carbons (Fsp3) is 0.615. The van der Waals surface area contributed by atoms with Crippen LogP contribution in [0, 0.1) is 11.3 Å². The lowest BCUT2D eigenvalue weighted by molar-refractivity contribution is -0.112. The van der Waals surface area contributed by atoms with Gasteiger partial charge in [-0.15, -0.1) is 5.73 Å². The second kappa shape index (κ2) is 5.19. The molecule has 0 amide bonds. The van der Waals surface area contributed by atoms with Gasteiger partial charge in [-0.1, -0.05) is 13.8 Å². The van der Waals surface area contributed by atoms with Crippen LogP contribution in [0.3, 0.4) is 0 Å². The minimum atomic E-state index is -0.655. The van der Waals surface area contributed by atoms with E-state index in [-0.39, 0.29) is 17.1 Å². The molecule has 1 saturated carbocycles. The highest BCUT2D eigenvalue weighted by molar-refractivity contribution is 5.87. The van der Waals surface area contributed by atoms with Crippen molar-refractivity contribution in [2.45, 2.75) is 27.2 Å². The average molecular weight is 238 g/mol. The smallest absolute Gasteiger partial charge is 0.438 e. The van der Waals surface area contributed by atoms with Gasteiger partial charge in [-0.05, 0) is 24.3 Å². The first kappa shape index (κ1) is 13.5. The van der Waals surface area contributed by atoms with Crippen LogP contribution < -0.4 is 0 Å². The minimum Gasteiger partial charge on any atom is -0.438 e. The maximum absolute atomic E-state index is 10.8. The van der Waals surface area contributed by atoms with Crippen LogP contribution in [0.4, 0.5) is 4.79 Å². The van der Waals surface area contributed by atoms with E-state index in [1.807, 2.05) is 0 Å². The number of hydrogen-bond acceptors (Lipinski definition) is 4. The van der Waals surface area contributed by atoms with Gasteiger partial charge in [0.1, 0.15) is 0 Å². The van der Waals surface area contributed by atoms with Gasteiger partial charge >= 0.3 is 6.16 Å². The molecule has 0 aromatic heterocycles. The molecule has 1 aliphatic rings.